The molecule has 1 aromatic carbocycles. The highest BCUT2D eigenvalue weighted by atomic mass is 127. The summed E-state index contributed by atoms with van der Waals surface area (Å²) in [5.74, 6) is 1.04. The number of hydrogen-bond acceptors (Lipinski definition) is 3. The van der Waals surface area contributed by atoms with Gasteiger partial charge in [-0.15, -0.1) is 24.0 Å². The summed E-state index contributed by atoms with van der Waals surface area (Å²) in [6, 6.07) is 8.50. The van der Waals surface area contributed by atoms with E-state index in [2.05, 4.69) is 36.1 Å². The van der Waals surface area contributed by atoms with E-state index in [1.165, 1.54) is 12.1 Å². The highest BCUT2D eigenvalue weighted by Crippen LogP contribution is 2.25. The van der Waals surface area contributed by atoms with Gasteiger partial charge in [-0.05, 0) is 43.5 Å². The van der Waals surface area contributed by atoms with Crippen molar-refractivity contribution in [1.29, 1.82) is 0 Å². The summed E-state index contributed by atoms with van der Waals surface area (Å²) in [6.45, 7) is 10.1. The molecule has 3 rings (SSSR count). The van der Waals surface area contributed by atoms with Crippen molar-refractivity contribution in [2.24, 2.45) is 10.9 Å². The summed E-state index contributed by atoms with van der Waals surface area (Å²) < 4.78 is 21.3. The molecule has 0 spiro atoms. The van der Waals surface area contributed by atoms with Gasteiger partial charge in [0.25, 0.3) is 0 Å². The summed E-state index contributed by atoms with van der Waals surface area (Å²) in [5, 5.41) is 7.67. The van der Waals surface area contributed by atoms with Crippen LogP contribution in [0.15, 0.2) is 47.7 Å². The Morgan fingerprint density at radius 1 is 1.34 bits per heavy atom. The number of nitrogens with one attached hydrogen (secondary N) is 1. The van der Waals surface area contributed by atoms with Gasteiger partial charge in [-0.25, -0.2) is 4.39 Å². The molecule has 2 aromatic rings. The van der Waals surface area contributed by atoms with Crippen molar-refractivity contribution >= 4 is 29.9 Å². The number of hydrogen-bond donors (Lipinski definition) is 1. The lowest BCUT2D eigenvalue weighted by Crippen LogP contribution is -2.50. The van der Waals surface area contributed by atoms with Crippen LogP contribution in [0, 0.1) is 11.7 Å². The molecule has 3 unspecified atom stereocenters. The van der Waals surface area contributed by atoms with Crippen LogP contribution in [0.1, 0.15) is 32.4 Å². The van der Waals surface area contributed by atoms with Crippen LogP contribution in [-0.2, 0) is 11.3 Å². The Hall–Kier alpha value is -1.68. The fourth-order valence-electron chi connectivity index (χ4n) is 3.44. The van der Waals surface area contributed by atoms with E-state index in [-0.39, 0.29) is 42.0 Å². The van der Waals surface area contributed by atoms with Gasteiger partial charge in [0.1, 0.15) is 11.9 Å². The lowest BCUT2D eigenvalue weighted by molar-refractivity contribution is -0.0605. The number of rotatable bonds is 6. The Balaban J connectivity index is 0.00000300. The Morgan fingerprint density at radius 2 is 2.10 bits per heavy atom. The minimum Gasteiger partial charge on any atom is -0.367 e. The molecule has 0 saturated carbocycles. The van der Waals surface area contributed by atoms with Crippen molar-refractivity contribution in [1.82, 2.24) is 20.0 Å². The van der Waals surface area contributed by atoms with Crippen molar-refractivity contribution in [2.75, 3.05) is 26.2 Å². The van der Waals surface area contributed by atoms with Crippen LogP contribution < -0.4 is 5.32 Å². The van der Waals surface area contributed by atoms with Crippen LogP contribution in [0.4, 0.5) is 4.39 Å². The molecule has 0 radical (unpaired) electrons. The fourth-order valence-corrected chi connectivity index (χ4v) is 3.44. The number of nitrogens with zero attached hydrogens (tertiary/aromatic N) is 4. The van der Waals surface area contributed by atoms with E-state index < -0.39 is 0 Å². The van der Waals surface area contributed by atoms with Crippen molar-refractivity contribution in [3.8, 4) is 0 Å². The van der Waals surface area contributed by atoms with E-state index in [0.717, 1.165) is 37.7 Å². The molecule has 8 heteroatoms. The van der Waals surface area contributed by atoms with Gasteiger partial charge in [-0.1, -0.05) is 19.1 Å². The molecule has 1 aliphatic rings. The fraction of sp³-hybridized carbons (Fsp3) is 0.524. The topological polar surface area (TPSA) is 54.7 Å². The van der Waals surface area contributed by atoms with E-state index in [4.69, 9.17) is 9.73 Å². The minimum absolute atomic E-state index is 0. The van der Waals surface area contributed by atoms with E-state index in [1.54, 1.807) is 18.3 Å². The lowest BCUT2D eigenvalue weighted by atomic mass is 10.1. The summed E-state index contributed by atoms with van der Waals surface area (Å²) in [4.78, 5) is 7.11. The first-order valence-electron chi connectivity index (χ1n) is 9.96. The quantitative estimate of drug-likeness (QED) is 0.362. The zero-order chi connectivity index (χ0) is 19.9. The van der Waals surface area contributed by atoms with Crippen LogP contribution >= 0.6 is 24.0 Å². The third-order valence-electron chi connectivity index (χ3n) is 4.75. The maximum absolute atomic E-state index is 13.3. The van der Waals surface area contributed by atoms with Gasteiger partial charge < -0.3 is 15.0 Å². The van der Waals surface area contributed by atoms with E-state index in [1.807, 2.05) is 16.9 Å². The second-order valence-corrected chi connectivity index (χ2v) is 7.42. The standard InChI is InChI=1S/C21H30FN5O.HI/c1-4-23-21(24-12-16(2)13-27-11-5-10-25-27)26-14-17(3)28-20(15-26)18-6-8-19(22)9-7-18;/h5-11,16-17,20H,4,12-15H2,1-3H3,(H,23,24);1H. The van der Waals surface area contributed by atoms with Gasteiger partial charge in [0, 0.05) is 38.6 Å². The zero-order valence-electron chi connectivity index (χ0n) is 17.3. The van der Waals surface area contributed by atoms with Crippen LogP contribution in [0.2, 0.25) is 0 Å². The van der Waals surface area contributed by atoms with Crippen molar-refractivity contribution in [3.63, 3.8) is 0 Å². The molecule has 0 aliphatic carbocycles. The van der Waals surface area contributed by atoms with Crippen LogP contribution in [0.3, 0.4) is 0 Å². The lowest BCUT2D eigenvalue weighted by Gasteiger charge is -2.39. The molecule has 2 heterocycles. The average Bonchev–Trinajstić information content (AvgIpc) is 3.18. The van der Waals surface area contributed by atoms with Crippen molar-refractivity contribution in [3.05, 3.63) is 54.1 Å². The maximum Gasteiger partial charge on any atom is 0.194 e. The van der Waals surface area contributed by atoms with Crippen molar-refractivity contribution in [2.45, 2.75) is 39.5 Å². The first-order chi connectivity index (χ1) is 13.5. The largest absolute Gasteiger partial charge is 0.367 e. The molecule has 1 N–H and O–H groups in total. The normalized spacial score (nSPS) is 20.8. The molecule has 29 heavy (non-hydrogen) atoms. The molecule has 6 nitrogen and oxygen atoms in total. The third kappa shape index (κ3) is 6.95. The molecule has 3 atom stereocenters. The van der Waals surface area contributed by atoms with Gasteiger partial charge >= 0.3 is 0 Å². The Morgan fingerprint density at radius 3 is 2.76 bits per heavy atom. The Labute approximate surface area is 189 Å². The molecular weight excluding hydrogens is 484 g/mol. The maximum atomic E-state index is 13.3. The first-order valence-corrected chi connectivity index (χ1v) is 9.96. The molecule has 0 amide bonds. The number of halogens is 2. The highest BCUT2D eigenvalue weighted by Gasteiger charge is 2.28. The average molecular weight is 515 g/mol. The smallest absolute Gasteiger partial charge is 0.194 e. The number of ether oxygens (including phenoxy) is 1. The summed E-state index contributed by atoms with van der Waals surface area (Å²) in [6.07, 6.45) is 3.73. The van der Waals surface area contributed by atoms with Gasteiger partial charge in [0.05, 0.1) is 12.6 Å². The zero-order valence-corrected chi connectivity index (χ0v) is 19.6. The van der Waals surface area contributed by atoms with Gasteiger partial charge in [0.15, 0.2) is 5.96 Å². The second kappa shape index (κ2) is 11.5. The third-order valence-corrected chi connectivity index (χ3v) is 4.75. The Bertz CT molecular complexity index is 753. The molecule has 1 fully saturated rings. The Kier molecular flexibility index (Phi) is 9.35. The van der Waals surface area contributed by atoms with Gasteiger partial charge in [-0.2, -0.15) is 5.10 Å². The van der Waals surface area contributed by atoms with Gasteiger partial charge in [-0.3, -0.25) is 9.67 Å². The molecule has 1 aliphatic heterocycles. The second-order valence-electron chi connectivity index (χ2n) is 7.42. The molecule has 1 saturated heterocycles. The summed E-state index contributed by atoms with van der Waals surface area (Å²) in [5.41, 5.74) is 0.987. The van der Waals surface area contributed by atoms with Crippen LogP contribution in [0.25, 0.3) is 0 Å². The number of morpholine rings is 1. The van der Waals surface area contributed by atoms with E-state index >= 15 is 0 Å². The summed E-state index contributed by atoms with van der Waals surface area (Å²) >= 11 is 0. The number of benzene rings is 1. The van der Waals surface area contributed by atoms with Gasteiger partial charge in [0.2, 0.25) is 0 Å². The van der Waals surface area contributed by atoms with E-state index in [0.29, 0.717) is 12.5 Å². The minimum atomic E-state index is -0.231. The first kappa shape index (κ1) is 23.6. The highest BCUT2D eigenvalue weighted by molar-refractivity contribution is 14.0. The molecule has 160 valence electrons. The SMILES string of the molecule is CCNC(=NCC(C)Cn1cccn1)N1CC(C)OC(c2ccc(F)cc2)C1.I. The number of guanidine groups is 1. The predicted molar refractivity (Wildman–Crippen MR) is 124 cm³/mol. The van der Waals surface area contributed by atoms with Crippen molar-refractivity contribution < 1.29 is 9.13 Å². The van der Waals surface area contributed by atoms with E-state index in [9.17, 15) is 4.39 Å². The number of aromatic nitrogens is 2. The van der Waals surface area contributed by atoms with Crippen LogP contribution in [-0.4, -0.2) is 52.9 Å². The van der Waals surface area contributed by atoms with Crippen LogP contribution in [0.5, 0.6) is 0 Å². The predicted octanol–water partition coefficient (Wildman–Crippen LogP) is 3.70. The molecule has 0 bridgehead atoms. The summed E-state index contributed by atoms with van der Waals surface area (Å²) in [7, 11) is 0. The molecule has 1 aromatic heterocycles. The number of aliphatic imine (C=N–C) groups is 1. The molecular formula is C21H31FIN5O. The monoisotopic (exact) mass is 515 g/mol.